The fraction of sp³-hybridized carbons (Fsp3) is 0.333. The van der Waals surface area contributed by atoms with Crippen LogP contribution in [0.4, 0.5) is 5.13 Å². The molecule has 0 radical (unpaired) electrons. The summed E-state index contributed by atoms with van der Waals surface area (Å²) in [7, 11) is 1.62. The molecule has 1 aromatic heterocycles. The van der Waals surface area contributed by atoms with Crippen LogP contribution in [-0.2, 0) is 16.0 Å². The summed E-state index contributed by atoms with van der Waals surface area (Å²) in [6, 6.07) is 10.1. The zero-order valence-electron chi connectivity index (χ0n) is 13.5. The van der Waals surface area contributed by atoms with Crippen LogP contribution >= 0.6 is 11.3 Å². The van der Waals surface area contributed by atoms with Crippen LogP contribution < -0.4 is 5.32 Å². The Morgan fingerprint density at radius 1 is 1.43 bits per heavy atom. The van der Waals surface area contributed by atoms with Crippen molar-refractivity contribution in [1.29, 1.82) is 0 Å². The van der Waals surface area contributed by atoms with Gasteiger partial charge in [0.25, 0.3) is 0 Å². The van der Waals surface area contributed by atoms with E-state index in [0.717, 1.165) is 12.1 Å². The molecule has 0 saturated heterocycles. The molecule has 1 heterocycles. The lowest BCUT2D eigenvalue weighted by atomic mass is 9.86. The minimum Gasteiger partial charge on any atom is -0.385 e. The van der Waals surface area contributed by atoms with Crippen molar-refractivity contribution >= 4 is 22.4 Å². The lowest BCUT2D eigenvalue weighted by molar-refractivity contribution is -0.123. The van der Waals surface area contributed by atoms with Crippen molar-refractivity contribution in [1.82, 2.24) is 4.98 Å². The Morgan fingerprint density at radius 3 is 2.83 bits per heavy atom. The van der Waals surface area contributed by atoms with Gasteiger partial charge in [0.2, 0.25) is 5.91 Å². The van der Waals surface area contributed by atoms with E-state index in [1.807, 2.05) is 30.5 Å². The van der Waals surface area contributed by atoms with Gasteiger partial charge in [-0.2, -0.15) is 0 Å². The largest absolute Gasteiger partial charge is 0.385 e. The minimum absolute atomic E-state index is 0.106. The summed E-state index contributed by atoms with van der Waals surface area (Å²) in [5.41, 5.74) is 1.49. The fourth-order valence-corrected chi connectivity index (χ4v) is 2.82. The second kappa shape index (κ2) is 8.04. The van der Waals surface area contributed by atoms with Crippen molar-refractivity contribution in [3.05, 3.63) is 59.6 Å². The van der Waals surface area contributed by atoms with Crippen LogP contribution in [0.2, 0.25) is 0 Å². The summed E-state index contributed by atoms with van der Waals surface area (Å²) < 4.78 is 5.07. The number of thiazole rings is 1. The maximum Gasteiger partial charge on any atom is 0.235 e. The Hall–Kier alpha value is -1.98. The van der Waals surface area contributed by atoms with Gasteiger partial charge in [-0.1, -0.05) is 36.4 Å². The van der Waals surface area contributed by atoms with Crippen LogP contribution in [0.5, 0.6) is 0 Å². The average molecular weight is 330 g/mol. The third kappa shape index (κ3) is 4.74. The van der Waals surface area contributed by atoms with E-state index in [9.17, 15) is 4.79 Å². The monoisotopic (exact) mass is 330 g/mol. The number of hydrogen-bond acceptors (Lipinski definition) is 4. The number of hydrogen-bond donors (Lipinski definition) is 1. The number of benzene rings is 1. The Labute approximate surface area is 141 Å². The first-order valence-corrected chi connectivity index (χ1v) is 8.37. The Kier molecular flexibility index (Phi) is 6.07. The van der Waals surface area contributed by atoms with E-state index in [4.69, 9.17) is 4.74 Å². The number of carbonyl (C=O) groups excluding carboxylic acids is 1. The van der Waals surface area contributed by atoms with Gasteiger partial charge in [-0.05, 0) is 18.9 Å². The van der Waals surface area contributed by atoms with Gasteiger partial charge >= 0.3 is 0 Å². The minimum atomic E-state index is -0.665. The predicted octanol–water partition coefficient (Wildman–Crippen LogP) is 3.90. The lowest BCUT2D eigenvalue weighted by Gasteiger charge is -2.23. The molecular weight excluding hydrogens is 308 g/mol. The molecule has 2 aromatic rings. The van der Waals surface area contributed by atoms with E-state index in [1.165, 1.54) is 16.9 Å². The maximum absolute atomic E-state index is 12.5. The molecular formula is C18H22N2O2S. The third-order valence-corrected chi connectivity index (χ3v) is 4.60. The van der Waals surface area contributed by atoms with E-state index in [1.54, 1.807) is 13.2 Å². The van der Waals surface area contributed by atoms with Crippen LogP contribution in [-0.4, -0.2) is 24.6 Å². The van der Waals surface area contributed by atoms with Gasteiger partial charge in [0.1, 0.15) is 0 Å². The van der Waals surface area contributed by atoms with Gasteiger partial charge in [0.05, 0.1) is 11.1 Å². The van der Waals surface area contributed by atoms with Crippen molar-refractivity contribution in [2.75, 3.05) is 19.0 Å². The molecule has 0 aliphatic rings. The molecule has 1 unspecified atom stereocenters. The molecule has 122 valence electrons. The van der Waals surface area contributed by atoms with E-state index in [2.05, 4.69) is 29.0 Å². The molecule has 0 spiro atoms. The molecule has 2 rings (SSSR count). The van der Waals surface area contributed by atoms with Gasteiger partial charge in [-0.15, -0.1) is 17.9 Å². The smallest absolute Gasteiger partial charge is 0.235 e. The van der Waals surface area contributed by atoms with Gasteiger partial charge in [0, 0.05) is 25.5 Å². The highest BCUT2D eigenvalue weighted by molar-refractivity contribution is 7.13. The molecule has 5 heteroatoms. The quantitative estimate of drug-likeness (QED) is 0.747. The summed E-state index contributed by atoms with van der Waals surface area (Å²) in [4.78, 5) is 17.0. The van der Waals surface area contributed by atoms with Crippen molar-refractivity contribution < 1.29 is 9.53 Å². The SMILES string of the molecule is C=CC(C)(CCOC)C(=O)Nc1nc(Cc2ccccc2)cs1. The second-order valence-electron chi connectivity index (χ2n) is 5.62. The van der Waals surface area contributed by atoms with E-state index in [0.29, 0.717) is 18.2 Å². The van der Waals surface area contributed by atoms with E-state index in [-0.39, 0.29) is 5.91 Å². The Bertz CT molecular complexity index is 654. The third-order valence-electron chi connectivity index (χ3n) is 3.80. The topological polar surface area (TPSA) is 51.2 Å². The van der Waals surface area contributed by atoms with E-state index < -0.39 is 5.41 Å². The maximum atomic E-state index is 12.5. The Morgan fingerprint density at radius 2 is 2.17 bits per heavy atom. The lowest BCUT2D eigenvalue weighted by Crippen LogP contribution is -2.32. The molecule has 1 aromatic carbocycles. The number of ether oxygens (including phenoxy) is 1. The number of nitrogens with one attached hydrogen (secondary N) is 1. The molecule has 0 bridgehead atoms. The van der Waals surface area contributed by atoms with Gasteiger partial charge < -0.3 is 10.1 Å². The van der Waals surface area contributed by atoms with Gasteiger partial charge in [-0.25, -0.2) is 4.98 Å². The number of carbonyl (C=O) groups is 1. The highest BCUT2D eigenvalue weighted by atomic mass is 32.1. The highest BCUT2D eigenvalue weighted by Gasteiger charge is 2.30. The van der Waals surface area contributed by atoms with Crippen LogP contribution in [0.25, 0.3) is 0 Å². The number of anilines is 1. The van der Waals surface area contributed by atoms with Crippen molar-refractivity contribution in [3.63, 3.8) is 0 Å². The van der Waals surface area contributed by atoms with Crippen LogP contribution in [0.1, 0.15) is 24.6 Å². The first kappa shape index (κ1) is 17.4. The molecule has 0 fully saturated rings. The normalized spacial score (nSPS) is 13.3. The standard InChI is InChI=1S/C18H22N2O2S/c1-4-18(2,10-11-22-3)16(21)20-17-19-15(13-23-17)12-14-8-6-5-7-9-14/h4-9,13H,1,10-12H2,2-3H3,(H,19,20,21). The zero-order chi connectivity index (χ0) is 16.7. The summed E-state index contributed by atoms with van der Waals surface area (Å²) in [6.45, 7) is 6.14. The summed E-state index contributed by atoms with van der Waals surface area (Å²) in [6.07, 6.45) is 3.01. The summed E-state index contributed by atoms with van der Waals surface area (Å²) >= 11 is 1.44. The van der Waals surface area contributed by atoms with Crippen LogP contribution in [0.15, 0.2) is 48.4 Å². The molecule has 4 nitrogen and oxygen atoms in total. The first-order valence-electron chi connectivity index (χ1n) is 7.50. The van der Waals surface area contributed by atoms with Crippen LogP contribution in [0, 0.1) is 5.41 Å². The van der Waals surface area contributed by atoms with Crippen molar-refractivity contribution in [3.8, 4) is 0 Å². The van der Waals surface area contributed by atoms with Crippen LogP contribution in [0.3, 0.4) is 0 Å². The van der Waals surface area contributed by atoms with Crippen molar-refractivity contribution in [2.45, 2.75) is 19.8 Å². The number of rotatable bonds is 8. The van der Waals surface area contributed by atoms with Gasteiger partial charge in [0.15, 0.2) is 5.13 Å². The second-order valence-corrected chi connectivity index (χ2v) is 6.48. The molecule has 0 aliphatic carbocycles. The molecule has 0 saturated carbocycles. The molecule has 0 aliphatic heterocycles. The zero-order valence-corrected chi connectivity index (χ0v) is 14.4. The van der Waals surface area contributed by atoms with E-state index >= 15 is 0 Å². The summed E-state index contributed by atoms with van der Waals surface area (Å²) in [5, 5.41) is 5.48. The molecule has 1 N–H and O–H groups in total. The van der Waals surface area contributed by atoms with Gasteiger partial charge in [-0.3, -0.25) is 4.79 Å². The van der Waals surface area contributed by atoms with Crippen molar-refractivity contribution in [2.24, 2.45) is 5.41 Å². The fourth-order valence-electron chi connectivity index (χ4n) is 2.11. The molecule has 1 amide bonds. The predicted molar refractivity (Wildman–Crippen MR) is 94.8 cm³/mol. The number of amides is 1. The highest BCUT2D eigenvalue weighted by Crippen LogP contribution is 2.26. The first-order chi connectivity index (χ1) is 11.1. The number of nitrogens with zero attached hydrogens (tertiary/aromatic N) is 1. The molecule has 1 atom stereocenters. The average Bonchev–Trinajstić information content (AvgIpc) is 3.00. The summed E-state index contributed by atoms with van der Waals surface area (Å²) in [5.74, 6) is -0.106. The number of aromatic nitrogens is 1. The Balaban J connectivity index is 2.00. The number of methoxy groups -OCH3 is 1. The molecule has 23 heavy (non-hydrogen) atoms.